The predicted octanol–water partition coefficient (Wildman–Crippen LogP) is -3.06. The molecule has 0 saturated carbocycles. The number of aromatic nitrogens is 8. The molecule has 23 nitrogen and oxygen atoms in total. The molecule has 6 heterocycles. The van der Waals surface area contributed by atoms with Crippen LogP contribution in [0.5, 0.6) is 0 Å². The Labute approximate surface area is 256 Å². The zero-order valence-corrected chi connectivity index (χ0v) is 25.1. The van der Waals surface area contributed by atoms with Crippen molar-refractivity contribution in [3.63, 3.8) is 0 Å². The second-order valence-electron chi connectivity index (χ2n) is 10.2. The number of nitrogens with zero attached hydrogens (tertiary/aromatic N) is 7. The summed E-state index contributed by atoms with van der Waals surface area (Å²) in [6, 6.07) is 0. The van der Waals surface area contributed by atoms with Crippen molar-refractivity contribution >= 4 is 49.9 Å². The van der Waals surface area contributed by atoms with Crippen molar-refractivity contribution in [1.82, 2.24) is 39.0 Å². The number of aliphatic hydroxyl groups excluding tert-OH is 3. The highest BCUT2D eigenvalue weighted by Gasteiger charge is 2.51. The van der Waals surface area contributed by atoms with Gasteiger partial charge in [-0.15, -0.1) is 0 Å². The number of nitrogen functional groups attached to an aromatic ring is 2. The molecule has 250 valence electrons. The Morgan fingerprint density at radius 1 is 1.00 bits per heavy atom. The summed E-state index contributed by atoms with van der Waals surface area (Å²) in [6.07, 6.45) is -8.66. The van der Waals surface area contributed by atoms with Crippen LogP contribution in [0.1, 0.15) is 12.5 Å². The third-order valence-corrected chi connectivity index (χ3v) is 8.64. The van der Waals surface area contributed by atoms with Crippen molar-refractivity contribution < 1.29 is 57.5 Å². The minimum atomic E-state index is -5.09. The highest BCUT2D eigenvalue weighted by Crippen LogP contribution is 2.49. The van der Waals surface area contributed by atoms with Crippen LogP contribution in [-0.2, 0) is 32.4 Å². The molecule has 0 spiro atoms. The second kappa shape index (κ2) is 12.6. The molecule has 4 aromatic rings. The lowest BCUT2D eigenvalue weighted by atomic mass is 10.1. The first-order valence-electron chi connectivity index (χ1n) is 13.3. The third kappa shape index (κ3) is 6.03. The summed E-state index contributed by atoms with van der Waals surface area (Å²) in [5, 5.41) is 31.8. The average Bonchev–Trinajstić information content (AvgIpc) is 3.76. The molecule has 10 N–H and O–H groups in total. The van der Waals surface area contributed by atoms with Gasteiger partial charge in [0.1, 0.15) is 54.8 Å². The molecule has 46 heavy (non-hydrogen) atoms. The molecule has 0 aliphatic carbocycles. The first-order valence-corrected chi connectivity index (χ1v) is 16.4. The largest absolute Gasteiger partial charge is 0.472 e. The maximum Gasteiger partial charge on any atom is 0.472 e. The fourth-order valence-electron chi connectivity index (χ4n) is 5.19. The van der Waals surface area contributed by atoms with Gasteiger partial charge < -0.3 is 50.8 Å². The van der Waals surface area contributed by atoms with Crippen molar-refractivity contribution in [3.05, 3.63) is 29.3 Å². The molecule has 10 atom stereocenters. The van der Waals surface area contributed by atoms with E-state index in [9.17, 15) is 39.0 Å². The molecular weight excluding hydrogens is 662 g/mol. The van der Waals surface area contributed by atoms with E-state index in [1.165, 1.54) is 10.9 Å². The maximum absolute atomic E-state index is 13.0. The fraction of sp³-hybridized carbons (Fsp3) is 0.524. The molecule has 0 bridgehead atoms. The van der Waals surface area contributed by atoms with E-state index in [1.807, 2.05) is 0 Å². The van der Waals surface area contributed by atoms with Gasteiger partial charge >= 0.3 is 7.82 Å². The van der Waals surface area contributed by atoms with Crippen LogP contribution >= 0.6 is 15.9 Å². The molecule has 2 aliphatic rings. The van der Waals surface area contributed by atoms with Gasteiger partial charge in [-0.1, -0.05) is 0 Å². The number of anilines is 2. The Balaban J connectivity index is 1.17. The fourth-order valence-corrected chi connectivity index (χ4v) is 6.49. The summed E-state index contributed by atoms with van der Waals surface area (Å²) < 4.78 is 54.1. The summed E-state index contributed by atoms with van der Waals surface area (Å²) in [6.45, 7) is -1.55. The van der Waals surface area contributed by atoms with Gasteiger partial charge in [-0.2, -0.15) is 4.98 Å². The molecule has 4 aromatic heterocycles. The Hall–Kier alpha value is -3.44. The molecule has 25 heteroatoms. The van der Waals surface area contributed by atoms with Crippen LogP contribution < -0.4 is 17.0 Å². The van der Waals surface area contributed by atoms with E-state index in [-0.39, 0.29) is 34.1 Å². The van der Waals surface area contributed by atoms with Crippen LogP contribution in [0.15, 0.2) is 23.8 Å². The van der Waals surface area contributed by atoms with Crippen LogP contribution in [0, 0.1) is 0 Å². The molecule has 0 amide bonds. The average molecular weight is 690 g/mol. The molecule has 0 aromatic carbocycles. The third-order valence-electron chi connectivity index (χ3n) is 7.24. The minimum Gasteiger partial charge on any atom is -0.394 e. The Morgan fingerprint density at radius 2 is 1.70 bits per heavy atom. The highest BCUT2D eigenvalue weighted by molar-refractivity contribution is 7.47. The number of imidazole rings is 2. The molecular formula is C21H28N10O13P2. The number of rotatable bonds is 11. The summed E-state index contributed by atoms with van der Waals surface area (Å²) in [5.74, 6) is -0.197. The van der Waals surface area contributed by atoms with E-state index >= 15 is 0 Å². The summed E-state index contributed by atoms with van der Waals surface area (Å²) in [7, 11) is -8.23. The van der Waals surface area contributed by atoms with Gasteiger partial charge in [0.25, 0.3) is 5.56 Å². The van der Waals surface area contributed by atoms with Crippen molar-refractivity contribution in [2.75, 3.05) is 31.0 Å². The van der Waals surface area contributed by atoms with Gasteiger partial charge in [-0.25, -0.2) is 24.5 Å². The van der Waals surface area contributed by atoms with Crippen molar-refractivity contribution in [3.8, 4) is 0 Å². The van der Waals surface area contributed by atoms with Gasteiger partial charge in [0.05, 0.1) is 25.9 Å². The molecule has 2 saturated heterocycles. The smallest absolute Gasteiger partial charge is 0.394 e. The van der Waals surface area contributed by atoms with E-state index in [0.29, 0.717) is 0 Å². The lowest BCUT2D eigenvalue weighted by Crippen LogP contribution is -2.37. The minimum absolute atomic E-state index is 0.0511. The van der Waals surface area contributed by atoms with Crippen LogP contribution in [0.4, 0.5) is 11.8 Å². The quantitative estimate of drug-likeness (QED) is 0.0724. The lowest BCUT2D eigenvalue weighted by Gasteiger charge is -2.23. The number of aliphatic hydroxyl groups is 3. The Morgan fingerprint density at radius 3 is 2.41 bits per heavy atom. The van der Waals surface area contributed by atoms with Gasteiger partial charge in [0.15, 0.2) is 35.1 Å². The van der Waals surface area contributed by atoms with Crippen LogP contribution in [-0.4, -0.2) is 120 Å². The van der Waals surface area contributed by atoms with E-state index in [0.717, 1.165) is 17.2 Å². The summed E-state index contributed by atoms with van der Waals surface area (Å²) in [4.78, 5) is 54.3. The standard InChI is InChI=1S/C21H28N10O13P2/c22-15-9-16(25-3-24-15)30(4-26-9)20-14(40-6-45(36)37)11(33)8(43-20)2-41-46(38,39)44-13-7(1-32)42-19(12(13)34)31-5-27-10-17(31)28-21(23)29-18(10)35/h3-5,7-8,11-14,19-20,32-34,45H,1-2,6H2,(H,36,37)(H,38,39)(H2,22,24,25)(H3,23,28,29,35)/t7-,8-,11?,12?,13?,14?,19-,20-/m1/s1. The number of H-pyrrole nitrogens is 1. The monoisotopic (exact) mass is 690 g/mol. The molecule has 0 radical (unpaired) electrons. The number of aromatic amines is 1. The molecule has 2 aliphatic heterocycles. The Bertz CT molecular complexity index is 1870. The van der Waals surface area contributed by atoms with Crippen molar-refractivity contribution in [2.45, 2.75) is 49.1 Å². The first-order chi connectivity index (χ1) is 21.9. The summed E-state index contributed by atoms with van der Waals surface area (Å²) in [5.41, 5.74) is 11.0. The number of phosphoric acid groups is 1. The van der Waals surface area contributed by atoms with Crippen LogP contribution in [0.2, 0.25) is 0 Å². The first kappa shape index (κ1) is 32.5. The topological polar surface area (TPSA) is 341 Å². The Kier molecular flexibility index (Phi) is 8.93. The van der Waals surface area contributed by atoms with Gasteiger partial charge in [-0.05, 0) is 0 Å². The number of ether oxygens (including phenoxy) is 3. The van der Waals surface area contributed by atoms with E-state index < -0.39 is 90.1 Å². The van der Waals surface area contributed by atoms with Gasteiger partial charge in [0, 0.05) is 0 Å². The molecule has 2 fully saturated rings. The zero-order chi connectivity index (χ0) is 32.9. The second-order valence-corrected chi connectivity index (χ2v) is 12.6. The van der Waals surface area contributed by atoms with Gasteiger partial charge in [0.2, 0.25) is 14.0 Å². The number of hydrogen-bond donors (Lipinski definition) is 8. The lowest BCUT2D eigenvalue weighted by molar-refractivity contribution is -0.0649. The van der Waals surface area contributed by atoms with E-state index in [2.05, 4.69) is 29.9 Å². The van der Waals surface area contributed by atoms with Crippen LogP contribution in [0.25, 0.3) is 22.3 Å². The van der Waals surface area contributed by atoms with E-state index in [4.69, 9.17) is 34.7 Å². The van der Waals surface area contributed by atoms with Crippen molar-refractivity contribution in [2.24, 2.45) is 0 Å². The molecule has 6 unspecified atom stereocenters. The van der Waals surface area contributed by atoms with E-state index in [1.54, 1.807) is 0 Å². The van der Waals surface area contributed by atoms with Crippen LogP contribution in [0.3, 0.4) is 0 Å². The normalized spacial score (nSPS) is 30.3. The SMILES string of the molecule is Nc1nc2c(ncn2[C@@H]2O[C@H](CO)C(OP(=O)(O)OC[C@H]3O[C@@H](n4cnc5c(N)ncnc54)C(OC[PH](=O)O)C3O)C2O)c(=O)[nH]1. The predicted molar refractivity (Wildman–Crippen MR) is 151 cm³/mol. The number of nitrogens with one attached hydrogen (secondary N) is 1. The number of hydrogen-bond acceptors (Lipinski definition) is 18. The number of fused-ring (bicyclic) bond motifs is 2. The maximum atomic E-state index is 13.0. The van der Waals surface area contributed by atoms with Gasteiger partial charge in [-0.3, -0.25) is 32.5 Å². The number of nitrogens with two attached hydrogens (primary N) is 2. The summed E-state index contributed by atoms with van der Waals surface area (Å²) >= 11 is 0. The highest BCUT2D eigenvalue weighted by atomic mass is 31.2. The van der Waals surface area contributed by atoms with Crippen molar-refractivity contribution in [1.29, 1.82) is 0 Å². The number of phosphoric ester groups is 1. The zero-order valence-electron chi connectivity index (χ0n) is 23.2. The molecule has 6 rings (SSSR count).